The van der Waals surface area contributed by atoms with E-state index in [1.165, 1.54) is 71.5 Å². The number of hydrogen-bond donors (Lipinski definition) is 0. The van der Waals surface area contributed by atoms with E-state index in [1.807, 2.05) is 0 Å². The molecule has 0 amide bonds. The molecule has 1 saturated carbocycles. The maximum atomic E-state index is 6.75. The van der Waals surface area contributed by atoms with Gasteiger partial charge in [-0.1, -0.05) is 19.3 Å². The quantitative estimate of drug-likeness (QED) is 0.500. The first-order chi connectivity index (χ1) is 16.3. The van der Waals surface area contributed by atoms with E-state index in [0.29, 0.717) is 5.92 Å². The van der Waals surface area contributed by atoms with E-state index in [2.05, 4.69) is 68.7 Å². The Kier molecular flexibility index (Phi) is 6.20. The van der Waals surface area contributed by atoms with Crippen LogP contribution < -0.4 is 19.3 Å². The lowest BCUT2D eigenvalue weighted by molar-refractivity contribution is 0.0748. The van der Waals surface area contributed by atoms with Crippen molar-refractivity contribution in [2.75, 3.05) is 43.1 Å². The second-order valence-corrected chi connectivity index (χ2v) is 11.2. The Hall–Kier alpha value is -2.36. The molecule has 1 saturated heterocycles. The van der Waals surface area contributed by atoms with Gasteiger partial charge in [-0.15, -0.1) is 0 Å². The van der Waals surface area contributed by atoms with Crippen LogP contribution in [-0.4, -0.2) is 38.9 Å². The summed E-state index contributed by atoms with van der Waals surface area (Å²) in [5.74, 6) is 3.35. The molecular formula is C30H42N2O2. The van der Waals surface area contributed by atoms with Gasteiger partial charge in [0.1, 0.15) is 17.1 Å². The molecule has 3 aliphatic rings. The number of hydrogen-bond acceptors (Lipinski definition) is 4. The first-order valence-corrected chi connectivity index (χ1v) is 13.3. The lowest BCUT2D eigenvalue weighted by atomic mass is 9.69. The molecule has 2 aliphatic heterocycles. The summed E-state index contributed by atoms with van der Waals surface area (Å²) in [6, 6.07) is 8.48. The van der Waals surface area contributed by atoms with E-state index < -0.39 is 0 Å². The number of methoxy groups -OCH3 is 1. The number of piperazine rings is 1. The Labute approximate surface area is 206 Å². The predicted molar refractivity (Wildman–Crippen MR) is 142 cm³/mol. The Morgan fingerprint density at radius 3 is 2.06 bits per heavy atom. The highest BCUT2D eigenvalue weighted by Gasteiger charge is 2.48. The summed E-state index contributed by atoms with van der Waals surface area (Å²) in [6.45, 7) is 15.8. The molecule has 1 atom stereocenters. The lowest BCUT2D eigenvalue weighted by Gasteiger charge is -2.40. The van der Waals surface area contributed by atoms with E-state index in [1.54, 1.807) is 7.11 Å². The normalized spacial score (nSPS) is 22.5. The van der Waals surface area contributed by atoms with Crippen molar-refractivity contribution in [2.45, 2.75) is 78.2 Å². The minimum atomic E-state index is -0.127. The maximum absolute atomic E-state index is 6.75. The molecule has 0 aromatic heterocycles. The van der Waals surface area contributed by atoms with Crippen LogP contribution in [-0.2, 0) is 0 Å². The zero-order valence-electron chi connectivity index (χ0n) is 22.0. The van der Waals surface area contributed by atoms with E-state index >= 15 is 0 Å². The van der Waals surface area contributed by atoms with Gasteiger partial charge in [-0.3, -0.25) is 0 Å². The first-order valence-electron chi connectivity index (χ1n) is 13.3. The standard InChI is InChI=1S/C30H42N2O2/c1-20-21(2)29-26(27(30(4,5)34-29)23-10-8-7-9-11-23)22(3)28(20)32-18-16-31(17-19-32)24-12-14-25(33-6)15-13-24/h12-15,23,27H,7-11,16-19H2,1-6H3. The van der Waals surface area contributed by atoms with Crippen LogP contribution in [0, 0.1) is 26.7 Å². The van der Waals surface area contributed by atoms with Crippen molar-refractivity contribution in [3.05, 3.63) is 46.5 Å². The van der Waals surface area contributed by atoms with Gasteiger partial charge < -0.3 is 19.3 Å². The van der Waals surface area contributed by atoms with Crippen molar-refractivity contribution in [1.29, 1.82) is 0 Å². The predicted octanol–water partition coefficient (Wildman–Crippen LogP) is 6.78. The fraction of sp³-hybridized carbons (Fsp3) is 0.600. The van der Waals surface area contributed by atoms with Crippen LogP contribution >= 0.6 is 0 Å². The van der Waals surface area contributed by atoms with Crippen molar-refractivity contribution in [2.24, 2.45) is 5.92 Å². The Balaban J connectivity index is 1.44. The average Bonchev–Trinajstić information content (AvgIpc) is 3.15. The third-order valence-corrected chi connectivity index (χ3v) is 8.84. The van der Waals surface area contributed by atoms with E-state index in [-0.39, 0.29) is 5.60 Å². The molecule has 0 bridgehead atoms. The molecule has 4 nitrogen and oxygen atoms in total. The minimum Gasteiger partial charge on any atom is -0.497 e. The van der Waals surface area contributed by atoms with Crippen LogP contribution in [0.1, 0.15) is 74.1 Å². The van der Waals surface area contributed by atoms with E-state index in [9.17, 15) is 0 Å². The second kappa shape index (κ2) is 9.02. The van der Waals surface area contributed by atoms with Crippen LogP contribution in [0.5, 0.6) is 11.5 Å². The summed E-state index contributed by atoms with van der Waals surface area (Å²) in [4.78, 5) is 5.14. The monoisotopic (exact) mass is 462 g/mol. The molecule has 4 heteroatoms. The number of nitrogens with zero attached hydrogens (tertiary/aromatic N) is 2. The fourth-order valence-electron chi connectivity index (χ4n) is 7.04. The molecule has 0 radical (unpaired) electrons. The summed E-state index contributed by atoms with van der Waals surface area (Å²) < 4.78 is 12.1. The number of benzene rings is 2. The lowest BCUT2D eigenvalue weighted by Crippen LogP contribution is -2.47. The molecule has 184 valence electrons. The molecule has 1 aliphatic carbocycles. The molecule has 0 spiro atoms. The van der Waals surface area contributed by atoms with Gasteiger partial charge in [-0.05, 0) is 94.3 Å². The molecule has 0 N–H and O–H groups in total. The molecule has 34 heavy (non-hydrogen) atoms. The third kappa shape index (κ3) is 3.93. The maximum Gasteiger partial charge on any atom is 0.127 e. The minimum absolute atomic E-state index is 0.127. The molecule has 2 aromatic carbocycles. The molecule has 2 aromatic rings. The largest absolute Gasteiger partial charge is 0.497 e. The number of ether oxygens (including phenoxy) is 2. The van der Waals surface area contributed by atoms with Gasteiger partial charge in [0.2, 0.25) is 0 Å². The molecule has 2 fully saturated rings. The Bertz CT molecular complexity index is 1030. The highest BCUT2D eigenvalue weighted by atomic mass is 16.5. The zero-order valence-corrected chi connectivity index (χ0v) is 22.0. The number of anilines is 2. The molecule has 5 rings (SSSR count). The summed E-state index contributed by atoms with van der Waals surface area (Å²) in [5, 5.41) is 0. The van der Waals surface area contributed by atoms with Crippen molar-refractivity contribution >= 4 is 11.4 Å². The van der Waals surface area contributed by atoms with Crippen LogP contribution in [0.25, 0.3) is 0 Å². The average molecular weight is 463 g/mol. The van der Waals surface area contributed by atoms with Gasteiger partial charge >= 0.3 is 0 Å². The van der Waals surface area contributed by atoms with E-state index in [4.69, 9.17) is 9.47 Å². The molecule has 1 unspecified atom stereocenters. The second-order valence-electron chi connectivity index (χ2n) is 11.2. The van der Waals surface area contributed by atoms with Crippen molar-refractivity contribution in [3.63, 3.8) is 0 Å². The smallest absolute Gasteiger partial charge is 0.127 e. The first kappa shape index (κ1) is 23.4. The van der Waals surface area contributed by atoms with Gasteiger partial charge in [0.25, 0.3) is 0 Å². The fourth-order valence-corrected chi connectivity index (χ4v) is 7.04. The van der Waals surface area contributed by atoms with Crippen LogP contribution in [0.15, 0.2) is 24.3 Å². The molecule has 2 heterocycles. The number of rotatable bonds is 4. The highest BCUT2D eigenvalue weighted by molar-refractivity contribution is 5.71. The van der Waals surface area contributed by atoms with Gasteiger partial charge in [-0.2, -0.15) is 0 Å². The zero-order chi connectivity index (χ0) is 24.0. The van der Waals surface area contributed by atoms with Crippen LogP contribution in [0.3, 0.4) is 0 Å². The molecular weight excluding hydrogens is 420 g/mol. The summed E-state index contributed by atoms with van der Waals surface area (Å²) in [7, 11) is 1.72. The highest BCUT2D eigenvalue weighted by Crippen LogP contribution is 2.56. The van der Waals surface area contributed by atoms with Gasteiger partial charge in [0.05, 0.1) is 7.11 Å². The Morgan fingerprint density at radius 1 is 0.824 bits per heavy atom. The van der Waals surface area contributed by atoms with E-state index in [0.717, 1.165) is 37.8 Å². The van der Waals surface area contributed by atoms with Crippen LogP contribution in [0.2, 0.25) is 0 Å². The van der Waals surface area contributed by atoms with Gasteiger partial charge in [0, 0.05) is 49.0 Å². The third-order valence-electron chi connectivity index (χ3n) is 8.84. The topological polar surface area (TPSA) is 24.9 Å². The SMILES string of the molecule is COc1ccc(N2CCN(c3c(C)c(C)c4c(c3C)C(C3CCCCC3)C(C)(C)O4)CC2)cc1. The van der Waals surface area contributed by atoms with Crippen molar-refractivity contribution in [1.82, 2.24) is 0 Å². The summed E-state index contributed by atoms with van der Waals surface area (Å²) in [6.07, 6.45) is 6.83. The summed E-state index contributed by atoms with van der Waals surface area (Å²) in [5.41, 5.74) is 8.36. The summed E-state index contributed by atoms with van der Waals surface area (Å²) >= 11 is 0. The van der Waals surface area contributed by atoms with Crippen LogP contribution in [0.4, 0.5) is 11.4 Å². The van der Waals surface area contributed by atoms with Crippen molar-refractivity contribution in [3.8, 4) is 11.5 Å². The van der Waals surface area contributed by atoms with Gasteiger partial charge in [0.15, 0.2) is 0 Å². The van der Waals surface area contributed by atoms with Gasteiger partial charge in [-0.25, -0.2) is 0 Å². The number of fused-ring (bicyclic) bond motifs is 1. The van der Waals surface area contributed by atoms with Crippen molar-refractivity contribution < 1.29 is 9.47 Å². The Morgan fingerprint density at radius 2 is 1.44 bits per heavy atom.